The lowest BCUT2D eigenvalue weighted by Crippen LogP contribution is -2.46. The summed E-state index contributed by atoms with van der Waals surface area (Å²) in [5, 5.41) is 7.42. The maximum atomic E-state index is 15.8. The molecular weight excluding hydrogens is 585 g/mol. The predicted octanol–water partition coefficient (Wildman–Crippen LogP) is 7.43. The van der Waals surface area contributed by atoms with E-state index in [1.807, 2.05) is 0 Å². The molecule has 0 spiro atoms. The number of fused-ring (bicyclic) bond motifs is 1. The molecule has 234 valence electrons. The molecule has 1 unspecified atom stereocenters. The number of pyridine rings is 1. The molecule has 2 aromatic carbocycles. The molecule has 1 aliphatic carbocycles. The van der Waals surface area contributed by atoms with Crippen LogP contribution in [0, 0.1) is 11.6 Å². The van der Waals surface area contributed by atoms with Crippen LogP contribution in [0.3, 0.4) is 0 Å². The van der Waals surface area contributed by atoms with Crippen molar-refractivity contribution in [3.63, 3.8) is 0 Å². The highest BCUT2D eigenvalue weighted by Crippen LogP contribution is 2.41. The largest absolute Gasteiger partial charge is 0.490 e. The van der Waals surface area contributed by atoms with Gasteiger partial charge in [0.25, 0.3) is 0 Å². The van der Waals surface area contributed by atoms with Gasteiger partial charge in [-0.15, -0.1) is 0 Å². The van der Waals surface area contributed by atoms with Crippen LogP contribution >= 0.6 is 0 Å². The number of nitrogens with zero attached hydrogens (tertiary/aromatic N) is 1. The number of aromatic nitrogens is 1. The molecule has 12 heteroatoms. The highest BCUT2D eigenvalue weighted by atomic mass is 28.4. The lowest BCUT2D eigenvalue weighted by Gasteiger charge is -2.39. The first-order valence-corrected chi connectivity index (χ1v) is 17.1. The van der Waals surface area contributed by atoms with E-state index in [-0.39, 0.29) is 41.9 Å². The van der Waals surface area contributed by atoms with Gasteiger partial charge in [0, 0.05) is 49.4 Å². The molecule has 1 amide bonds. The van der Waals surface area contributed by atoms with Gasteiger partial charge in [0.1, 0.15) is 23.5 Å². The second-order valence-corrected chi connectivity index (χ2v) is 17.3. The number of benzene rings is 2. The van der Waals surface area contributed by atoms with Crippen molar-refractivity contribution < 1.29 is 35.9 Å². The smallest absolute Gasteiger partial charge is 0.419 e. The number of alkyl halides is 3. The number of ether oxygens (including phenoxy) is 1. The van der Waals surface area contributed by atoms with E-state index >= 15 is 4.39 Å². The Labute approximate surface area is 249 Å². The number of rotatable bonds is 10. The van der Waals surface area contributed by atoms with Crippen LogP contribution in [0.15, 0.2) is 42.7 Å². The first-order valence-electron chi connectivity index (χ1n) is 14.2. The van der Waals surface area contributed by atoms with E-state index in [4.69, 9.17) is 9.16 Å². The topological polar surface area (TPSA) is 72.5 Å². The Morgan fingerprint density at radius 3 is 2.40 bits per heavy atom. The van der Waals surface area contributed by atoms with Gasteiger partial charge in [-0.25, -0.2) is 8.78 Å². The molecule has 43 heavy (non-hydrogen) atoms. The summed E-state index contributed by atoms with van der Waals surface area (Å²) in [5.41, 5.74) is -0.310. The van der Waals surface area contributed by atoms with Crippen molar-refractivity contribution in [2.75, 3.05) is 6.54 Å². The lowest BCUT2D eigenvalue weighted by molar-refractivity contribution is -0.140. The number of amides is 1. The molecule has 0 saturated heterocycles. The highest BCUT2D eigenvalue weighted by molar-refractivity contribution is 6.74. The molecule has 0 radical (unpaired) electrons. The van der Waals surface area contributed by atoms with Gasteiger partial charge in [0.05, 0.1) is 11.7 Å². The number of halogens is 5. The first kappa shape index (κ1) is 32.8. The minimum absolute atomic E-state index is 0.0436. The summed E-state index contributed by atoms with van der Waals surface area (Å²) in [7, 11) is -2.31. The zero-order valence-electron chi connectivity index (χ0n) is 25.2. The molecule has 1 fully saturated rings. The maximum absolute atomic E-state index is 15.8. The average Bonchev–Trinajstić information content (AvgIpc) is 2.87. The Balaban J connectivity index is 1.49. The summed E-state index contributed by atoms with van der Waals surface area (Å²) in [6.07, 6.45) is -1.48. The Morgan fingerprint density at radius 2 is 1.77 bits per heavy atom. The highest BCUT2D eigenvalue weighted by Gasteiger charge is 2.40. The van der Waals surface area contributed by atoms with Crippen LogP contribution in [0.5, 0.6) is 5.75 Å². The van der Waals surface area contributed by atoms with Crippen molar-refractivity contribution in [1.82, 2.24) is 15.6 Å². The molecule has 4 rings (SSSR count). The molecule has 6 nitrogen and oxygen atoms in total. The van der Waals surface area contributed by atoms with E-state index in [0.717, 1.165) is 11.5 Å². The van der Waals surface area contributed by atoms with Gasteiger partial charge >= 0.3 is 6.18 Å². The summed E-state index contributed by atoms with van der Waals surface area (Å²) in [4.78, 5) is 16.1. The van der Waals surface area contributed by atoms with E-state index in [0.29, 0.717) is 35.4 Å². The molecule has 1 aliphatic rings. The van der Waals surface area contributed by atoms with Crippen molar-refractivity contribution in [3.8, 4) is 5.75 Å². The van der Waals surface area contributed by atoms with Crippen molar-refractivity contribution in [2.45, 2.75) is 89.6 Å². The number of hydrogen-bond donors (Lipinski definition) is 2. The molecule has 1 atom stereocenters. The normalized spacial score (nSPS) is 18.3. The Hall–Kier alpha value is -3.09. The van der Waals surface area contributed by atoms with Crippen LogP contribution < -0.4 is 15.4 Å². The maximum Gasteiger partial charge on any atom is 0.419 e. The van der Waals surface area contributed by atoms with E-state index in [1.165, 1.54) is 19.1 Å². The molecule has 2 N–H and O–H groups in total. The summed E-state index contributed by atoms with van der Waals surface area (Å²) in [6, 6.07) is 5.76. The summed E-state index contributed by atoms with van der Waals surface area (Å²) in [5.74, 6) is -2.04. The SMILES string of the molecule is CC(=O)NCC(O[Si](C)(C)C(C)(C)C)c1cc(F)c(CN[C@H]2C[C@H](Oc3ccc(F)c(C(F)(F)F)c3)C2)c2ccncc12. The van der Waals surface area contributed by atoms with Crippen molar-refractivity contribution >= 4 is 25.0 Å². The van der Waals surface area contributed by atoms with Crippen molar-refractivity contribution in [1.29, 1.82) is 0 Å². The van der Waals surface area contributed by atoms with E-state index in [2.05, 4.69) is 49.5 Å². The Kier molecular flexibility index (Phi) is 9.53. The van der Waals surface area contributed by atoms with Crippen molar-refractivity contribution in [3.05, 3.63) is 71.1 Å². The third-order valence-electron chi connectivity index (χ3n) is 8.36. The minimum atomic E-state index is -4.81. The van der Waals surface area contributed by atoms with Crippen LogP contribution in [-0.4, -0.2) is 37.9 Å². The second-order valence-electron chi connectivity index (χ2n) is 12.6. The first-order chi connectivity index (χ1) is 20.0. The van der Waals surface area contributed by atoms with Crippen LogP contribution in [0.4, 0.5) is 22.0 Å². The zero-order valence-corrected chi connectivity index (χ0v) is 26.2. The number of hydrogen-bond acceptors (Lipinski definition) is 5. The predicted molar refractivity (Wildman–Crippen MR) is 157 cm³/mol. The Bertz CT molecular complexity index is 1470. The van der Waals surface area contributed by atoms with Gasteiger partial charge in [-0.1, -0.05) is 20.8 Å². The molecular formula is C31H38F5N3O3Si. The van der Waals surface area contributed by atoms with E-state index < -0.39 is 37.8 Å². The van der Waals surface area contributed by atoms with Crippen LogP contribution in [0.25, 0.3) is 10.8 Å². The fourth-order valence-corrected chi connectivity index (χ4v) is 6.09. The molecule has 3 aromatic rings. The average molecular weight is 624 g/mol. The fraction of sp³-hybridized carbons (Fsp3) is 0.484. The number of carbonyl (C=O) groups is 1. The van der Waals surface area contributed by atoms with Crippen LogP contribution in [-0.2, 0) is 21.9 Å². The summed E-state index contributed by atoms with van der Waals surface area (Å²) >= 11 is 0. The Morgan fingerprint density at radius 1 is 1.07 bits per heavy atom. The minimum Gasteiger partial charge on any atom is -0.490 e. The summed E-state index contributed by atoms with van der Waals surface area (Å²) in [6.45, 7) is 12.3. The fourth-order valence-electron chi connectivity index (χ4n) is 4.81. The number of carbonyl (C=O) groups excluding carboxylic acids is 1. The molecule has 0 aliphatic heterocycles. The van der Waals surface area contributed by atoms with Gasteiger partial charge in [-0.05, 0) is 72.3 Å². The second kappa shape index (κ2) is 12.5. The van der Waals surface area contributed by atoms with Gasteiger partial charge in [0.15, 0.2) is 8.32 Å². The van der Waals surface area contributed by atoms with Gasteiger partial charge in [-0.3, -0.25) is 9.78 Å². The van der Waals surface area contributed by atoms with Gasteiger partial charge in [-0.2, -0.15) is 13.2 Å². The van der Waals surface area contributed by atoms with Gasteiger partial charge < -0.3 is 19.8 Å². The third kappa shape index (κ3) is 7.71. The molecule has 1 aromatic heterocycles. The molecule has 1 saturated carbocycles. The number of nitrogens with one attached hydrogen (secondary N) is 2. The standard InChI is InChI=1S/C31H38F5N3O3Si/c1-18(40)38-17-29(42-43(5,6)30(2,3)4)23-14-28(33)25(22-9-10-37-15-24(22)23)16-39-19-11-21(12-19)41-20-7-8-27(32)26(13-20)31(34,35)36/h7-10,13-15,19,21,29,39H,11-12,16-17H2,1-6H3,(H,38,40)/t19-,21-,29?. The third-order valence-corrected chi connectivity index (χ3v) is 12.8. The molecule has 0 bridgehead atoms. The van der Waals surface area contributed by atoms with E-state index in [1.54, 1.807) is 18.5 Å². The van der Waals surface area contributed by atoms with E-state index in [9.17, 15) is 22.4 Å². The summed E-state index contributed by atoms with van der Waals surface area (Å²) < 4.78 is 80.7. The van der Waals surface area contributed by atoms with Crippen LogP contribution in [0.2, 0.25) is 18.1 Å². The zero-order chi connectivity index (χ0) is 31.7. The monoisotopic (exact) mass is 623 g/mol. The van der Waals surface area contributed by atoms with Crippen molar-refractivity contribution in [2.24, 2.45) is 0 Å². The van der Waals surface area contributed by atoms with Crippen LogP contribution in [0.1, 0.15) is 63.3 Å². The lowest BCUT2D eigenvalue weighted by atomic mass is 9.88. The quantitative estimate of drug-likeness (QED) is 0.182. The van der Waals surface area contributed by atoms with Gasteiger partial charge in [0.2, 0.25) is 5.91 Å². The molecule has 1 heterocycles.